The molecule has 2 heterocycles. The van der Waals surface area contributed by atoms with Gasteiger partial charge in [0.05, 0.1) is 4.88 Å². The topological polar surface area (TPSA) is 67.6 Å². The molecule has 1 aromatic carbocycles. The SMILES string of the molecule is Nc1ccccc1Cc1nc(-c2cccs2)n[nH]1. The molecule has 0 saturated carbocycles. The van der Waals surface area contributed by atoms with Crippen LogP contribution in [0.4, 0.5) is 5.69 Å². The molecule has 0 fully saturated rings. The molecule has 0 atom stereocenters. The van der Waals surface area contributed by atoms with Crippen LogP contribution in [0.3, 0.4) is 0 Å². The maximum atomic E-state index is 5.91. The van der Waals surface area contributed by atoms with E-state index in [1.54, 1.807) is 11.3 Å². The first-order valence-electron chi connectivity index (χ1n) is 5.61. The first kappa shape index (κ1) is 11.0. The molecule has 0 bridgehead atoms. The number of aromatic amines is 1. The minimum Gasteiger partial charge on any atom is -0.398 e. The summed E-state index contributed by atoms with van der Waals surface area (Å²) in [5.41, 5.74) is 7.76. The highest BCUT2D eigenvalue weighted by Crippen LogP contribution is 2.21. The third kappa shape index (κ3) is 2.12. The van der Waals surface area contributed by atoms with Crippen LogP contribution >= 0.6 is 11.3 Å². The molecule has 0 amide bonds. The molecule has 18 heavy (non-hydrogen) atoms. The number of nitrogens with zero attached hydrogens (tertiary/aromatic N) is 2. The molecular formula is C13H12N4S. The van der Waals surface area contributed by atoms with E-state index in [4.69, 9.17) is 5.73 Å². The van der Waals surface area contributed by atoms with E-state index < -0.39 is 0 Å². The number of para-hydroxylation sites is 1. The van der Waals surface area contributed by atoms with Crippen LogP contribution in [-0.4, -0.2) is 15.2 Å². The number of hydrogen-bond donors (Lipinski definition) is 2. The largest absolute Gasteiger partial charge is 0.398 e. The van der Waals surface area contributed by atoms with Gasteiger partial charge in [-0.05, 0) is 23.1 Å². The van der Waals surface area contributed by atoms with Gasteiger partial charge in [0, 0.05) is 12.1 Å². The number of benzene rings is 1. The Bertz CT molecular complexity index is 643. The van der Waals surface area contributed by atoms with E-state index in [2.05, 4.69) is 15.2 Å². The summed E-state index contributed by atoms with van der Waals surface area (Å²) in [6.07, 6.45) is 0.672. The van der Waals surface area contributed by atoms with Crippen molar-refractivity contribution in [1.82, 2.24) is 15.2 Å². The highest BCUT2D eigenvalue weighted by molar-refractivity contribution is 7.13. The molecule has 0 aliphatic rings. The van der Waals surface area contributed by atoms with Gasteiger partial charge in [-0.25, -0.2) is 4.98 Å². The number of anilines is 1. The predicted molar refractivity (Wildman–Crippen MR) is 73.4 cm³/mol. The van der Waals surface area contributed by atoms with Crippen molar-refractivity contribution in [3.05, 3.63) is 53.2 Å². The van der Waals surface area contributed by atoms with Gasteiger partial charge in [-0.1, -0.05) is 24.3 Å². The summed E-state index contributed by atoms with van der Waals surface area (Å²) in [4.78, 5) is 5.55. The predicted octanol–water partition coefficient (Wildman–Crippen LogP) is 2.71. The van der Waals surface area contributed by atoms with Crippen LogP contribution in [0.1, 0.15) is 11.4 Å². The van der Waals surface area contributed by atoms with E-state index >= 15 is 0 Å². The fraction of sp³-hybridized carbons (Fsp3) is 0.0769. The maximum Gasteiger partial charge on any atom is 0.191 e. The van der Waals surface area contributed by atoms with Gasteiger partial charge in [-0.15, -0.1) is 11.3 Å². The second-order valence-electron chi connectivity index (χ2n) is 3.96. The summed E-state index contributed by atoms with van der Waals surface area (Å²) in [6.45, 7) is 0. The van der Waals surface area contributed by atoms with Gasteiger partial charge >= 0.3 is 0 Å². The molecule has 3 aromatic rings. The van der Waals surface area contributed by atoms with Crippen molar-refractivity contribution in [3.8, 4) is 10.7 Å². The molecule has 0 spiro atoms. The van der Waals surface area contributed by atoms with E-state index in [0.717, 1.165) is 27.8 Å². The highest BCUT2D eigenvalue weighted by Gasteiger charge is 2.08. The number of hydrogen-bond acceptors (Lipinski definition) is 4. The Morgan fingerprint density at radius 1 is 1.17 bits per heavy atom. The van der Waals surface area contributed by atoms with Gasteiger partial charge in [0.1, 0.15) is 5.82 Å². The molecule has 0 aliphatic carbocycles. The fourth-order valence-electron chi connectivity index (χ4n) is 1.77. The standard InChI is InChI=1S/C13H12N4S/c14-10-5-2-1-4-9(10)8-12-15-13(17-16-12)11-6-3-7-18-11/h1-7H,8,14H2,(H,15,16,17). The average Bonchev–Trinajstić information content (AvgIpc) is 3.02. The summed E-state index contributed by atoms with van der Waals surface area (Å²) >= 11 is 1.63. The lowest BCUT2D eigenvalue weighted by molar-refractivity contribution is 0.974. The van der Waals surface area contributed by atoms with Crippen molar-refractivity contribution in [1.29, 1.82) is 0 Å². The molecule has 0 saturated heterocycles. The van der Waals surface area contributed by atoms with Crippen LogP contribution in [0.15, 0.2) is 41.8 Å². The second-order valence-corrected chi connectivity index (χ2v) is 4.91. The number of nitrogens with one attached hydrogen (secondary N) is 1. The van der Waals surface area contributed by atoms with Gasteiger partial charge in [-0.2, -0.15) is 5.10 Å². The molecule has 2 aromatic heterocycles. The van der Waals surface area contributed by atoms with Crippen molar-refractivity contribution >= 4 is 17.0 Å². The summed E-state index contributed by atoms with van der Waals surface area (Å²) < 4.78 is 0. The quantitative estimate of drug-likeness (QED) is 0.708. The van der Waals surface area contributed by atoms with Gasteiger partial charge < -0.3 is 5.73 Å². The number of nitrogens with two attached hydrogens (primary N) is 1. The summed E-state index contributed by atoms with van der Waals surface area (Å²) in [7, 11) is 0. The van der Waals surface area contributed by atoms with Gasteiger partial charge in [0.2, 0.25) is 0 Å². The van der Waals surface area contributed by atoms with Gasteiger partial charge in [0.15, 0.2) is 5.82 Å². The molecular weight excluding hydrogens is 244 g/mol. The lowest BCUT2D eigenvalue weighted by Gasteiger charge is -2.01. The third-order valence-corrected chi connectivity index (χ3v) is 3.55. The Morgan fingerprint density at radius 3 is 2.83 bits per heavy atom. The molecule has 4 nitrogen and oxygen atoms in total. The maximum absolute atomic E-state index is 5.91. The lowest BCUT2D eigenvalue weighted by atomic mass is 10.1. The zero-order chi connectivity index (χ0) is 12.4. The van der Waals surface area contributed by atoms with Crippen LogP contribution in [0.25, 0.3) is 10.7 Å². The van der Waals surface area contributed by atoms with Crippen molar-refractivity contribution in [3.63, 3.8) is 0 Å². The fourth-order valence-corrected chi connectivity index (χ4v) is 2.42. The zero-order valence-corrected chi connectivity index (χ0v) is 10.4. The minimum absolute atomic E-state index is 0.672. The number of nitrogen functional groups attached to an aromatic ring is 1. The molecule has 3 rings (SSSR count). The second kappa shape index (κ2) is 4.62. The number of H-pyrrole nitrogens is 1. The normalized spacial score (nSPS) is 10.7. The van der Waals surface area contributed by atoms with Crippen LogP contribution < -0.4 is 5.73 Å². The van der Waals surface area contributed by atoms with Crippen molar-refractivity contribution in [2.45, 2.75) is 6.42 Å². The van der Waals surface area contributed by atoms with Gasteiger partial charge in [0.25, 0.3) is 0 Å². The third-order valence-electron chi connectivity index (χ3n) is 2.69. The van der Waals surface area contributed by atoms with Crippen LogP contribution in [-0.2, 0) is 6.42 Å². The molecule has 0 aliphatic heterocycles. The van der Waals surface area contributed by atoms with Crippen molar-refractivity contribution in [2.24, 2.45) is 0 Å². The Labute approximate surface area is 109 Å². The monoisotopic (exact) mass is 256 g/mol. The Hall–Kier alpha value is -2.14. The summed E-state index contributed by atoms with van der Waals surface area (Å²) in [5.74, 6) is 1.57. The van der Waals surface area contributed by atoms with Crippen molar-refractivity contribution in [2.75, 3.05) is 5.73 Å². The van der Waals surface area contributed by atoms with E-state index in [9.17, 15) is 0 Å². The highest BCUT2D eigenvalue weighted by atomic mass is 32.1. The van der Waals surface area contributed by atoms with E-state index in [1.807, 2.05) is 41.8 Å². The van der Waals surface area contributed by atoms with Crippen LogP contribution in [0.2, 0.25) is 0 Å². The number of aromatic nitrogens is 3. The van der Waals surface area contributed by atoms with E-state index in [-0.39, 0.29) is 0 Å². The molecule has 5 heteroatoms. The lowest BCUT2D eigenvalue weighted by Crippen LogP contribution is -1.96. The minimum atomic E-state index is 0.672. The van der Waals surface area contributed by atoms with E-state index in [0.29, 0.717) is 6.42 Å². The summed E-state index contributed by atoms with van der Waals surface area (Å²) in [5, 5.41) is 9.19. The van der Waals surface area contributed by atoms with E-state index in [1.165, 1.54) is 0 Å². The van der Waals surface area contributed by atoms with Crippen molar-refractivity contribution < 1.29 is 0 Å². The van der Waals surface area contributed by atoms with Gasteiger partial charge in [-0.3, -0.25) is 5.10 Å². The zero-order valence-electron chi connectivity index (χ0n) is 9.63. The first-order chi connectivity index (χ1) is 8.83. The number of rotatable bonds is 3. The number of thiophene rings is 1. The average molecular weight is 256 g/mol. The van der Waals surface area contributed by atoms with Crippen LogP contribution in [0.5, 0.6) is 0 Å². The smallest absolute Gasteiger partial charge is 0.191 e. The Morgan fingerprint density at radius 2 is 2.06 bits per heavy atom. The Balaban J connectivity index is 1.85. The Kier molecular flexibility index (Phi) is 2.82. The molecule has 0 radical (unpaired) electrons. The first-order valence-corrected chi connectivity index (χ1v) is 6.49. The molecule has 3 N–H and O–H groups in total. The summed E-state index contributed by atoms with van der Waals surface area (Å²) in [6, 6.07) is 11.8. The molecule has 90 valence electrons. The molecule has 0 unspecified atom stereocenters. The van der Waals surface area contributed by atoms with Crippen LogP contribution in [0, 0.1) is 0 Å².